The van der Waals surface area contributed by atoms with Gasteiger partial charge in [-0.3, -0.25) is 4.98 Å². The Kier molecular flexibility index (Phi) is 3.70. The molecule has 0 aliphatic rings. The van der Waals surface area contributed by atoms with E-state index in [4.69, 9.17) is 0 Å². The lowest BCUT2D eigenvalue weighted by atomic mass is 10.0. The number of hydrogen-bond donors (Lipinski definition) is 1. The van der Waals surface area contributed by atoms with E-state index in [-0.39, 0.29) is 0 Å². The topological polar surface area (TPSA) is 24.9 Å². The van der Waals surface area contributed by atoms with Crippen LogP contribution in [0.2, 0.25) is 0 Å². The van der Waals surface area contributed by atoms with E-state index in [1.54, 1.807) is 0 Å². The Balaban J connectivity index is 1.99. The zero-order valence-corrected chi connectivity index (χ0v) is 12.5. The molecule has 1 unspecified atom stereocenters. The third-order valence-electron chi connectivity index (χ3n) is 3.51. The van der Waals surface area contributed by atoms with E-state index >= 15 is 0 Å². The smallest absolute Gasteiger partial charge is 0.0629 e. The van der Waals surface area contributed by atoms with Crippen molar-refractivity contribution in [2.45, 2.75) is 19.9 Å². The van der Waals surface area contributed by atoms with Crippen molar-refractivity contribution in [3.8, 4) is 0 Å². The van der Waals surface area contributed by atoms with Crippen molar-refractivity contribution in [1.29, 1.82) is 0 Å². The first kappa shape index (κ1) is 13.1. The van der Waals surface area contributed by atoms with Crippen molar-refractivity contribution in [3.63, 3.8) is 0 Å². The summed E-state index contributed by atoms with van der Waals surface area (Å²) in [6.07, 6.45) is 3.76. The monoisotopic (exact) mass is 282 g/mol. The molecular weight excluding hydrogens is 264 g/mol. The van der Waals surface area contributed by atoms with Gasteiger partial charge < -0.3 is 5.32 Å². The number of benzene rings is 1. The average molecular weight is 282 g/mol. The zero-order valence-electron chi connectivity index (χ0n) is 11.7. The number of anilines is 1. The maximum atomic E-state index is 4.19. The van der Waals surface area contributed by atoms with Crippen molar-refractivity contribution in [3.05, 3.63) is 59.0 Å². The molecule has 3 rings (SSSR count). The second-order valence-electron chi connectivity index (χ2n) is 5.28. The molecule has 0 fully saturated rings. The second-order valence-corrected chi connectivity index (χ2v) is 6.26. The van der Waals surface area contributed by atoms with Crippen LogP contribution in [0, 0.1) is 5.92 Å². The Bertz CT molecular complexity index is 684. The lowest BCUT2D eigenvalue weighted by molar-refractivity contribution is 0.554. The van der Waals surface area contributed by atoms with Crippen LogP contribution in [0.3, 0.4) is 0 Å². The highest BCUT2D eigenvalue weighted by Crippen LogP contribution is 2.32. The van der Waals surface area contributed by atoms with E-state index < -0.39 is 0 Å². The van der Waals surface area contributed by atoms with Crippen LogP contribution in [-0.2, 0) is 0 Å². The molecule has 1 atom stereocenters. The number of aromatic nitrogens is 1. The summed E-state index contributed by atoms with van der Waals surface area (Å²) in [6, 6.07) is 13.1. The van der Waals surface area contributed by atoms with Crippen molar-refractivity contribution in [1.82, 2.24) is 4.98 Å². The van der Waals surface area contributed by atoms with Crippen LogP contribution in [0.25, 0.3) is 10.8 Å². The van der Waals surface area contributed by atoms with Gasteiger partial charge in [0.1, 0.15) is 0 Å². The molecular formula is C17H18N2S. The molecule has 3 heteroatoms. The van der Waals surface area contributed by atoms with E-state index in [2.05, 4.69) is 65.9 Å². The van der Waals surface area contributed by atoms with E-state index in [1.165, 1.54) is 21.3 Å². The summed E-state index contributed by atoms with van der Waals surface area (Å²) >= 11 is 1.81. The molecule has 102 valence electrons. The number of pyridine rings is 1. The predicted molar refractivity (Wildman–Crippen MR) is 87.3 cm³/mol. The minimum absolute atomic E-state index is 0.341. The quantitative estimate of drug-likeness (QED) is 0.719. The number of nitrogens with one attached hydrogen (secondary N) is 1. The van der Waals surface area contributed by atoms with Gasteiger partial charge in [-0.05, 0) is 29.5 Å². The average Bonchev–Trinajstić information content (AvgIpc) is 2.98. The lowest BCUT2D eigenvalue weighted by Gasteiger charge is -2.23. The van der Waals surface area contributed by atoms with Crippen LogP contribution in [0.4, 0.5) is 5.69 Å². The molecule has 0 bridgehead atoms. The first-order chi connectivity index (χ1) is 9.75. The second kappa shape index (κ2) is 5.63. The number of fused-ring (bicyclic) bond motifs is 1. The van der Waals surface area contributed by atoms with Gasteiger partial charge in [0.05, 0.1) is 6.04 Å². The summed E-state index contributed by atoms with van der Waals surface area (Å²) in [6.45, 7) is 4.51. The Morgan fingerprint density at radius 3 is 2.75 bits per heavy atom. The Hall–Kier alpha value is -1.87. The van der Waals surface area contributed by atoms with Gasteiger partial charge in [-0.25, -0.2) is 0 Å². The molecule has 0 saturated heterocycles. The van der Waals surface area contributed by atoms with Crippen molar-refractivity contribution < 1.29 is 0 Å². The Labute approximate surface area is 123 Å². The summed E-state index contributed by atoms with van der Waals surface area (Å²) in [5, 5.41) is 8.24. The molecule has 1 N–H and O–H groups in total. The molecule has 0 spiro atoms. The first-order valence-corrected chi connectivity index (χ1v) is 7.76. The molecule has 2 aromatic heterocycles. The van der Waals surface area contributed by atoms with Gasteiger partial charge in [-0.2, -0.15) is 0 Å². The van der Waals surface area contributed by atoms with Gasteiger partial charge in [-0.1, -0.05) is 32.0 Å². The molecule has 20 heavy (non-hydrogen) atoms. The molecule has 2 nitrogen and oxygen atoms in total. The van der Waals surface area contributed by atoms with E-state index in [0.29, 0.717) is 12.0 Å². The summed E-state index contributed by atoms with van der Waals surface area (Å²) in [7, 11) is 0. The largest absolute Gasteiger partial charge is 0.377 e. The number of hydrogen-bond acceptors (Lipinski definition) is 3. The molecule has 0 aliphatic heterocycles. The lowest BCUT2D eigenvalue weighted by Crippen LogP contribution is -2.15. The van der Waals surface area contributed by atoms with Gasteiger partial charge in [0, 0.05) is 33.7 Å². The zero-order chi connectivity index (χ0) is 13.9. The van der Waals surface area contributed by atoms with Gasteiger partial charge in [0.15, 0.2) is 0 Å². The molecule has 0 saturated carbocycles. The van der Waals surface area contributed by atoms with Gasteiger partial charge in [-0.15, -0.1) is 11.3 Å². The summed E-state index contributed by atoms with van der Waals surface area (Å²) in [5.41, 5.74) is 1.18. The maximum absolute atomic E-state index is 4.19. The van der Waals surface area contributed by atoms with Crippen molar-refractivity contribution >= 4 is 27.8 Å². The van der Waals surface area contributed by atoms with E-state index in [9.17, 15) is 0 Å². The third kappa shape index (κ3) is 2.54. The van der Waals surface area contributed by atoms with Gasteiger partial charge in [0.25, 0.3) is 0 Å². The summed E-state index contributed by atoms with van der Waals surface area (Å²) in [5.74, 6) is 0.533. The Morgan fingerprint density at radius 2 is 2.00 bits per heavy atom. The van der Waals surface area contributed by atoms with Crippen LogP contribution in [-0.4, -0.2) is 4.98 Å². The van der Waals surface area contributed by atoms with Crippen LogP contribution < -0.4 is 5.32 Å². The fourth-order valence-corrected chi connectivity index (χ4v) is 3.40. The SMILES string of the molecule is CC(C)C(Nc1cccc2cnccc12)c1cccs1. The maximum Gasteiger partial charge on any atom is 0.0629 e. The molecule has 2 heterocycles. The van der Waals surface area contributed by atoms with Crippen LogP contribution in [0.5, 0.6) is 0 Å². The highest BCUT2D eigenvalue weighted by atomic mass is 32.1. The highest BCUT2D eigenvalue weighted by Gasteiger charge is 2.17. The van der Waals surface area contributed by atoms with Gasteiger partial charge in [0.2, 0.25) is 0 Å². The van der Waals surface area contributed by atoms with Crippen LogP contribution in [0.15, 0.2) is 54.2 Å². The molecule has 3 aromatic rings. The third-order valence-corrected chi connectivity index (χ3v) is 4.46. The van der Waals surface area contributed by atoms with Crippen LogP contribution in [0.1, 0.15) is 24.8 Å². The molecule has 0 amide bonds. The van der Waals surface area contributed by atoms with Crippen molar-refractivity contribution in [2.24, 2.45) is 5.92 Å². The summed E-state index contributed by atoms with van der Waals surface area (Å²) < 4.78 is 0. The predicted octanol–water partition coefficient (Wildman–Crippen LogP) is 5.11. The molecule has 0 radical (unpaired) electrons. The fourth-order valence-electron chi connectivity index (χ4n) is 2.45. The fraction of sp³-hybridized carbons (Fsp3) is 0.235. The van der Waals surface area contributed by atoms with Crippen molar-refractivity contribution in [2.75, 3.05) is 5.32 Å². The minimum Gasteiger partial charge on any atom is -0.377 e. The van der Waals surface area contributed by atoms with E-state index in [0.717, 1.165) is 0 Å². The first-order valence-electron chi connectivity index (χ1n) is 6.88. The number of rotatable bonds is 4. The normalized spacial score (nSPS) is 12.8. The molecule has 0 aliphatic carbocycles. The summed E-state index contributed by atoms with van der Waals surface area (Å²) in [4.78, 5) is 5.57. The van der Waals surface area contributed by atoms with Gasteiger partial charge >= 0.3 is 0 Å². The highest BCUT2D eigenvalue weighted by molar-refractivity contribution is 7.10. The number of nitrogens with zero attached hydrogens (tertiary/aromatic N) is 1. The minimum atomic E-state index is 0.341. The standard InChI is InChI=1S/C17H18N2S/c1-12(2)17(16-7-4-10-20-16)19-15-6-3-5-13-11-18-9-8-14(13)15/h3-12,17,19H,1-2H3. The van der Waals surface area contributed by atoms with E-state index in [1.807, 2.05) is 23.7 Å². The van der Waals surface area contributed by atoms with Crippen LogP contribution >= 0.6 is 11.3 Å². The Morgan fingerprint density at radius 1 is 1.10 bits per heavy atom. The molecule has 1 aromatic carbocycles. The number of thiophene rings is 1.